The summed E-state index contributed by atoms with van der Waals surface area (Å²) in [6.07, 6.45) is 0. The number of rotatable bonds is 6. The molecule has 8 heteroatoms. The van der Waals surface area contributed by atoms with Crippen molar-refractivity contribution in [3.63, 3.8) is 0 Å². The van der Waals surface area contributed by atoms with Crippen molar-refractivity contribution in [3.05, 3.63) is 48.0 Å². The van der Waals surface area contributed by atoms with Crippen LogP contribution in [0.4, 0.5) is 5.69 Å². The molecule has 0 aromatic heterocycles. The molecule has 2 aromatic carbocycles. The Morgan fingerprint density at radius 1 is 1.09 bits per heavy atom. The van der Waals surface area contributed by atoms with Crippen molar-refractivity contribution in [1.82, 2.24) is 0 Å². The molecule has 0 radical (unpaired) electrons. The van der Waals surface area contributed by atoms with Crippen LogP contribution in [-0.4, -0.2) is 32.3 Å². The molecular formula is C15H16NO6S-. The van der Waals surface area contributed by atoms with Crippen LogP contribution in [0.2, 0.25) is 0 Å². The summed E-state index contributed by atoms with van der Waals surface area (Å²) in [5.74, 6) is 0.591. The minimum absolute atomic E-state index is 0.0858. The second-order valence-electron chi connectivity index (χ2n) is 4.64. The van der Waals surface area contributed by atoms with Crippen LogP contribution in [0, 0.1) is 0 Å². The van der Waals surface area contributed by atoms with Crippen LogP contribution in [0.3, 0.4) is 0 Å². The number of hydrogen-bond donors (Lipinski definition) is 1. The number of para-hydroxylation sites is 2. The van der Waals surface area contributed by atoms with E-state index in [0.717, 1.165) is 0 Å². The van der Waals surface area contributed by atoms with E-state index in [1.807, 2.05) is 0 Å². The van der Waals surface area contributed by atoms with Gasteiger partial charge in [0.15, 0.2) is 21.8 Å². The Morgan fingerprint density at radius 2 is 1.74 bits per heavy atom. The van der Waals surface area contributed by atoms with Crippen LogP contribution in [0.5, 0.6) is 17.2 Å². The van der Waals surface area contributed by atoms with Crippen molar-refractivity contribution in [2.75, 3.05) is 18.5 Å². The molecule has 7 nitrogen and oxygen atoms in total. The number of phenolic OH excluding ortho intramolecular Hbond substituents is 1. The maximum Gasteiger partial charge on any atom is 0.184 e. The Balaban J connectivity index is 2.42. The summed E-state index contributed by atoms with van der Waals surface area (Å²) in [5.41, 5.74) is 0.419. The lowest BCUT2D eigenvalue weighted by Gasteiger charge is -2.28. The molecular weight excluding hydrogens is 322 g/mol. The zero-order valence-corrected chi connectivity index (χ0v) is 13.4. The van der Waals surface area contributed by atoms with Crippen LogP contribution in [-0.2, 0) is 16.8 Å². The van der Waals surface area contributed by atoms with Gasteiger partial charge in [-0.25, -0.2) is 8.42 Å². The van der Waals surface area contributed by atoms with Crippen LogP contribution in [0.15, 0.2) is 42.5 Å². The molecule has 1 N–H and O–H groups in total. The quantitative estimate of drug-likeness (QED) is 0.807. The van der Waals surface area contributed by atoms with Crippen molar-refractivity contribution in [3.8, 4) is 17.2 Å². The van der Waals surface area contributed by atoms with Crippen molar-refractivity contribution in [2.45, 2.75) is 6.54 Å². The molecule has 0 bridgehead atoms. The first kappa shape index (κ1) is 16.9. The van der Waals surface area contributed by atoms with Crippen molar-refractivity contribution >= 4 is 16.0 Å². The second-order valence-corrected chi connectivity index (χ2v) is 5.94. The Hall–Kier alpha value is -2.45. The van der Waals surface area contributed by atoms with Crippen LogP contribution < -0.4 is 13.8 Å². The molecule has 0 aliphatic heterocycles. The number of methoxy groups -OCH3 is 2. The van der Waals surface area contributed by atoms with E-state index in [2.05, 4.69) is 0 Å². The third-order valence-electron chi connectivity index (χ3n) is 3.19. The lowest BCUT2D eigenvalue weighted by molar-refractivity contribution is 0.354. The number of anilines is 1. The van der Waals surface area contributed by atoms with Gasteiger partial charge >= 0.3 is 0 Å². The standard InChI is InChI=1S/C15H17NO6S/c1-21-14-8-7-11(9-15(14)22-2)10-16(23(18,19)20)12-5-3-4-6-13(12)17/h3-9,17H,10H2,1-2H3,(H,18,19,20)/p-1. The van der Waals surface area contributed by atoms with Gasteiger partial charge in [0.1, 0.15) is 5.75 Å². The molecule has 2 rings (SSSR count). The summed E-state index contributed by atoms with van der Waals surface area (Å²) in [5, 5.41) is 9.82. The smallest absolute Gasteiger partial charge is 0.184 e. The maximum atomic E-state index is 11.6. The lowest BCUT2D eigenvalue weighted by atomic mass is 10.2. The van der Waals surface area contributed by atoms with Crippen molar-refractivity contribution in [2.24, 2.45) is 0 Å². The molecule has 0 unspecified atom stereocenters. The maximum absolute atomic E-state index is 11.6. The first-order chi connectivity index (χ1) is 10.9. The number of nitrogens with zero attached hydrogens (tertiary/aromatic N) is 1. The highest BCUT2D eigenvalue weighted by Gasteiger charge is 2.18. The third-order valence-corrected chi connectivity index (χ3v) is 4.06. The number of aromatic hydroxyl groups is 1. The Kier molecular flexibility index (Phi) is 4.97. The highest BCUT2D eigenvalue weighted by Crippen LogP contribution is 2.32. The monoisotopic (exact) mass is 338 g/mol. The normalized spacial score (nSPS) is 11.1. The molecule has 0 aliphatic carbocycles. The SMILES string of the molecule is COc1ccc(CN(c2ccccc2O)S(=O)(=O)[O-])cc1OC. The van der Waals surface area contributed by atoms with Crippen LogP contribution in [0.1, 0.15) is 5.56 Å². The fraction of sp³-hybridized carbons (Fsp3) is 0.200. The fourth-order valence-electron chi connectivity index (χ4n) is 2.10. The van der Waals surface area contributed by atoms with Gasteiger partial charge in [-0.2, -0.15) is 0 Å². The number of hydrogen-bond acceptors (Lipinski definition) is 6. The lowest BCUT2D eigenvalue weighted by Crippen LogP contribution is -2.30. The summed E-state index contributed by atoms with van der Waals surface area (Å²) < 4.78 is 45.6. The Labute approximate surface area is 134 Å². The van der Waals surface area contributed by atoms with Gasteiger partial charge in [-0.1, -0.05) is 18.2 Å². The molecule has 0 spiro atoms. The van der Waals surface area contributed by atoms with Crippen molar-refractivity contribution < 1.29 is 27.6 Å². The molecule has 0 heterocycles. The van der Waals surface area contributed by atoms with Crippen LogP contribution in [0.25, 0.3) is 0 Å². The van der Waals surface area contributed by atoms with E-state index in [4.69, 9.17) is 9.47 Å². The molecule has 0 atom stereocenters. The van der Waals surface area contributed by atoms with E-state index < -0.39 is 10.3 Å². The summed E-state index contributed by atoms with van der Waals surface area (Å²) in [7, 11) is -1.89. The number of benzene rings is 2. The van der Waals surface area contributed by atoms with Gasteiger partial charge in [0, 0.05) is 0 Å². The molecule has 0 fully saturated rings. The largest absolute Gasteiger partial charge is 0.731 e. The number of ether oxygens (including phenoxy) is 2. The molecule has 2 aromatic rings. The molecule has 0 aliphatic rings. The first-order valence-corrected chi connectivity index (χ1v) is 7.95. The summed E-state index contributed by atoms with van der Waals surface area (Å²) in [6, 6.07) is 10.5. The highest BCUT2D eigenvalue weighted by atomic mass is 32.2. The molecule has 0 saturated carbocycles. The van der Waals surface area contributed by atoms with Crippen molar-refractivity contribution in [1.29, 1.82) is 0 Å². The van der Waals surface area contributed by atoms with Gasteiger partial charge in [-0.3, -0.25) is 4.31 Å². The Bertz CT molecular complexity index is 790. The molecule has 0 saturated heterocycles. The van der Waals surface area contributed by atoms with E-state index in [1.54, 1.807) is 18.2 Å². The molecule has 124 valence electrons. The van der Waals surface area contributed by atoms with E-state index in [1.165, 1.54) is 38.5 Å². The summed E-state index contributed by atoms with van der Waals surface area (Å²) in [6.45, 7) is -0.246. The van der Waals surface area contributed by atoms with Gasteiger partial charge in [-0.15, -0.1) is 0 Å². The van der Waals surface area contributed by atoms with E-state index in [9.17, 15) is 18.1 Å². The van der Waals surface area contributed by atoms with E-state index in [-0.39, 0.29) is 18.0 Å². The average molecular weight is 338 g/mol. The van der Waals surface area contributed by atoms with Gasteiger partial charge in [0.25, 0.3) is 0 Å². The predicted octanol–water partition coefficient (Wildman–Crippen LogP) is 1.88. The van der Waals surface area contributed by atoms with Gasteiger partial charge in [0.2, 0.25) is 0 Å². The third kappa shape index (κ3) is 3.85. The molecule has 23 heavy (non-hydrogen) atoms. The van der Waals surface area contributed by atoms with Crippen LogP contribution >= 0.6 is 0 Å². The van der Waals surface area contributed by atoms with E-state index in [0.29, 0.717) is 21.4 Å². The minimum Gasteiger partial charge on any atom is -0.731 e. The zero-order chi connectivity index (χ0) is 17.0. The first-order valence-electron chi connectivity index (χ1n) is 6.59. The fourth-order valence-corrected chi connectivity index (χ4v) is 2.81. The second kappa shape index (κ2) is 6.76. The summed E-state index contributed by atoms with van der Waals surface area (Å²) >= 11 is 0. The zero-order valence-electron chi connectivity index (χ0n) is 12.6. The van der Waals surface area contributed by atoms with Gasteiger partial charge < -0.3 is 19.1 Å². The van der Waals surface area contributed by atoms with E-state index >= 15 is 0 Å². The summed E-state index contributed by atoms with van der Waals surface area (Å²) in [4.78, 5) is 0. The number of phenols is 1. The van der Waals surface area contributed by atoms with Gasteiger partial charge in [0.05, 0.1) is 26.5 Å². The Morgan fingerprint density at radius 3 is 2.30 bits per heavy atom. The topological polar surface area (TPSA) is 99.1 Å². The van der Waals surface area contributed by atoms with Gasteiger partial charge in [-0.05, 0) is 29.8 Å². The average Bonchev–Trinajstić information content (AvgIpc) is 2.52. The highest BCUT2D eigenvalue weighted by molar-refractivity contribution is 7.87. The minimum atomic E-state index is -4.82. The predicted molar refractivity (Wildman–Crippen MR) is 83.5 cm³/mol. The molecule has 0 amide bonds.